The van der Waals surface area contributed by atoms with E-state index in [1.54, 1.807) is 0 Å². The molecule has 9 amide bonds. The number of hydrogen-bond donors (Lipinski definition) is 20. The van der Waals surface area contributed by atoms with Crippen molar-refractivity contribution in [1.29, 1.82) is 0 Å². The fourth-order valence-electron chi connectivity index (χ4n) is 16.3. The maximum absolute atomic E-state index is 14.5. The first-order chi connectivity index (χ1) is 64.1. The molecule has 3 heterocycles. The van der Waals surface area contributed by atoms with Crippen LogP contribution in [-0.4, -0.2) is 299 Å². The Morgan fingerprint density at radius 1 is 0.331 bits per heavy atom. The summed E-state index contributed by atoms with van der Waals surface area (Å²) in [6.07, 6.45) is 24.2. The Balaban J connectivity index is 0.0000297. The zero-order valence-corrected chi connectivity index (χ0v) is 82.1. The van der Waals surface area contributed by atoms with Crippen molar-refractivity contribution in [3.05, 3.63) is 0 Å². The molecular formula is C94H178N9O29P. The van der Waals surface area contributed by atoms with Crippen LogP contribution in [0.1, 0.15) is 349 Å². The van der Waals surface area contributed by atoms with Gasteiger partial charge in [-0.05, 0) is 103 Å². The zero-order chi connectivity index (χ0) is 98.2. The standard InChI is InChI=1S/C92H172N9O29P.C2H6/c1-66(106)97-79-85(116)82(113)72(62-103)128-90(79)124-58-44-30-22-14-6-10-18-26-34-51-76(110)94-55-42-38-48-70(88(119)96-57-40-29-21-13-5-9-17-25-33-50-75(109)93-54-41-37-47-69(61-102)65-127-131(121,122)123-4)101-89(120)71(100-78(112)53-36-28-20-12-8-16-24-32-46-60-126-92-81(99-68(3)108)87(118)84(115)74(64-105)130-92)49-39-43-56-95-77(111)52-35-27-19-11-7-15-23-31-45-59-125-91-80(98-67(2)107)86(117)83(114)73(63-104)129-91;1-2/h69-74,79-87,90-92,102-105,113-118H,5-65H2,1-4H3,(H,93,109)(H,94,110)(H,95,111)(H,96,119)(H,97,106)(H,98,107)(H,99,108)(H,100,112)(H,101,120)(H,121,122);1-2H3/t69?,70-,71-,72?,73?,74?,79?,80?,81?,82?,83?,84?,85?,86?,87?,90?,91?,92?;/m0./s1. The summed E-state index contributed by atoms with van der Waals surface area (Å²) in [6.45, 7) is 8.55. The zero-order valence-electron chi connectivity index (χ0n) is 81.2. The van der Waals surface area contributed by atoms with Gasteiger partial charge in [-0.1, -0.05) is 200 Å². The third-order valence-electron chi connectivity index (χ3n) is 24.2. The summed E-state index contributed by atoms with van der Waals surface area (Å²) in [4.78, 5) is 126. The number of nitrogens with one attached hydrogen (secondary N) is 9. The summed E-state index contributed by atoms with van der Waals surface area (Å²) in [5, 5.41) is 127. The predicted octanol–water partition coefficient (Wildman–Crippen LogP) is 6.81. The minimum Gasteiger partial charge on any atom is -0.396 e. The molecule has 0 aromatic rings. The molecule has 20 N–H and O–H groups in total. The average Bonchev–Trinajstić information content (AvgIpc) is 0.816. The van der Waals surface area contributed by atoms with E-state index in [1.165, 1.54) is 20.8 Å². The Bertz CT molecular complexity index is 3100. The molecule has 3 rings (SSSR count). The van der Waals surface area contributed by atoms with Gasteiger partial charge in [0.25, 0.3) is 0 Å². The lowest BCUT2D eigenvalue weighted by Gasteiger charge is -2.42. The SMILES string of the molecule is CC.COP(=O)(O)OCC(CO)CCCCNC(=O)CCCCCCCCCCCNC(=O)[C@H](CCCCNC(=O)CCCCCCCCCCCOC1OC(CO)C(O)C(O)C1NC(C)=O)NC(=O)[C@H](CCCCNC(=O)CCCCCCCCCCCOC1OC(CO)C(O)C(O)C1NC(C)=O)NC(=O)CCCCCCCCCCCOC1OC(CO)C(O)C(O)C1NC(C)=O. The molecule has 3 aliphatic heterocycles. The van der Waals surface area contributed by atoms with Gasteiger partial charge in [-0.25, -0.2) is 4.57 Å². The third kappa shape index (κ3) is 58.4. The second kappa shape index (κ2) is 78.5. The van der Waals surface area contributed by atoms with Crippen LogP contribution in [0.25, 0.3) is 0 Å². The number of carbonyl (C=O) groups is 9. The van der Waals surface area contributed by atoms with Gasteiger partial charge in [-0.15, -0.1) is 0 Å². The van der Waals surface area contributed by atoms with Gasteiger partial charge in [-0.2, -0.15) is 0 Å². The number of amides is 9. The van der Waals surface area contributed by atoms with Crippen LogP contribution in [-0.2, 0) is 85.2 Å². The number of aliphatic hydroxyl groups excluding tert-OH is 10. The third-order valence-corrected chi connectivity index (χ3v) is 25.2. The molecule has 19 atom stereocenters. The number of phosphoric ester groups is 1. The van der Waals surface area contributed by atoms with Crippen molar-refractivity contribution >= 4 is 61.0 Å². The first-order valence-corrected chi connectivity index (χ1v) is 51.9. The number of unbranched alkanes of at least 4 members (excludes halogenated alkanes) is 35. The Morgan fingerprint density at radius 2 is 0.594 bits per heavy atom. The van der Waals surface area contributed by atoms with Crippen molar-refractivity contribution in [3.8, 4) is 0 Å². The summed E-state index contributed by atoms with van der Waals surface area (Å²) in [6, 6.07) is -4.86. The topological polar surface area (TPSA) is 575 Å². The Morgan fingerprint density at radius 3 is 0.887 bits per heavy atom. The fraction of sp³-hybridized carbons (Fsp3) is 0.904. The van der Waals surface area contributed by atoms with Gasteiger partial charge < -0.3 is 132 Å². The Hall–Kier alpha value is -5.30. The van der Waals surface area contributed by atoms with E-state index in [9.17, 15) is 104 Å². The fourth-order valence-corrected chi connectivity index (χ4v) is 16.8. The highest BCUT2D eigenvalue weighted by Gasteiger charge is 2.48. The van der Waals surface area contributed by atoms with Crippen molar-refractivity contribution in [2.75, 3.05) is 86.1 Å². The molecular weight excluding hydrogens is 1750 g/mol. The van der Waals surface area contributed by atoms with Crippen molar-refractivity contribution in [1.82, 2.24) is 47.9 Å². The summed E-state index contributed by atoms with van der Waals surface area (Å²) >= 11 is 0. The van der Waals surface area contributed by atoms with Crippen LogP contribution in [0, 0.1) is 5.92 Å². The van der Waals surface area contributed by atoms with Crippen LogP contribution in [0.5, 0.6) is 0 Å². The van der Waals surface area contributed by atoms with Gasteiger partial charge in [0.15, 0.2) is 18.9 Å². The Labute approximate surface area is 791 Å². The van der Waals surface area contributed by atoms with Gasteiger partial charge in [0, 0.05) is 112 Å². The highest BCUT2D eigenvalue weighted by Crippen LogP contribution is 2.42. The van der Waals surface area contributed by atoms with E-state index >= 15 is 0 Å². The van der Waals surface area contributed by atoms with Crippen LogP contribution < -0.4 is 47.9 Å². The molecule has 3 saturated heterocycles. The number of aliphatic hydroxyl groups is 10. The minimum absolute atomic E-state index is 0.0106. The van der Waals surface area contributed by atoms with E-state index in [2.05, 4.69) is 52.4 Å². The van der Waals surface area contributed by atoms with E-state index in [0.717, 1.165) is 225 Å². The van der Waals surface area contributed by atoms with Crippen LogP contribution in [0.2, 0.25) is 0 Å². The number of rotatable bonds is 81. The van der Waals surface area contributed by atoms with Crippen molar-refractivity contribution < 1.29 is 141 Å². The molecule has 3 fully saturated rings. The molecule has 39 heteroatoms. The molecule has 778 valence electrons. The van der Waals surface area contributed by atoms with Crippen LogP contribution >= 0.6 is 7.82 Å². The second-order valence-electron chi connectivity index (χ2n) is 35.6. The normalized spacial score (nSPS) is 22.9. The lowest BCUT2D eigenvalue weighted by atomic mass is 9.97. The number of hydrogen-bond acceptors (Lipinski definition) is 28. The highest BCUT2D eigenvalue weighted by molar-refractivity contribution is 7.47. The van der Waals surface area contributed by atoms with Crippen molar-refractivity contribution in [2.45, 2.75) is 453 Å². The molecule has 17 unspecified atom stereocenters. The second-order valence-corrected chi connectivity index (χ2v) is 37.2. The molecule has 0 aromatic heterocycles. The Kier molecular flexibility index (Phi) is 73.0. The lowest BCUT2D eigenvalue weighted by molar-refractivity contribution is -0.270. The van der Waals surface area contributed by atoms with E-state index < -0.39 is 155 Å². The smallest absolute Gasteiger partial charge is 0.396 e. The summed E-state index contributed by atoms with van der Waals surface area (Å²) in [5.74, 6) is -2.84. The molecule has 0 spiro atoms. The van der Waals surface area contributed by atoms with Crippen LogP contribution in [0.4, 0.5) is 0 Å². The number of ether oxygens (including phenoxy) is 6. The summed E-state index contributed by atoms with van der Waals surface area (Å²) in [7, 11) is -3.05. The molecule has 38 nitrogen and oxygen atoms in total. The van der Waals surface area contributed by atoms with E-state index in [0.29, 0.717) is 116 Å². The molecule has 3 aliphatic rings. The molecule has 0 saturated carbocycles. The van der Waals surface area contributed by atoms with Crippen LogP contribution in [0.15, 0.2) is 0 Å². The molecule has 0 aliphatic carbocycles. The molecule has 0 aromatic carbocycles. The van der Waals surface area contributed by atoms with E-state index in [4.69, 9.17) is 32.9 Å². The monoisotopic (exact) mass is 1930 g/mol. The molecule has 0 radical (unpaired) electrons. The largest absolute Gasteiger partial charge is 0.471 e. The van der Waals surface area contributed by atoms with Gasteiger partial charge in [0.1, 0.15) is 85.1 Å². The van der Waals surface area contributed by atoms with Gasteiger partial charge in [0.05, 0.1) is 26.4 Å². The number of carbonyl (C=O) groups excluding carboxylic acids is 9. The number of phosphoric acid groups is 1. The van der Waals surface area contributed by atoms with Crippen LogP contribution in [0.3, 0.4) is 0 Å². The first-order valence-electron chi connectivity index (χ1n) is 50.4. The highest BCUT2D eigenvalue weighted by atomic mass is 31.2. The maximum Gasteiger partial charge on any atom is 0.471 e. The minimum atomic E-state index is -4.12. The molecule has 0 bridgehead atoms. The van der Waals surface area contributed by atoms with Gasteiger partial charge in [0.2, 0.25) is 53.2 Å². The predicted molar refractivity (Wildman–Crippen MR) is 501 cm³/mol. The first kappa shape index (κ1) is 124. The van der Waals surface area contributed by atoms with Gasteiger partial charge >= 0.3 is 7.82 Å². The maximum atomic E-state index is 14.5. The lowest BCUT2D eigenvalue weighted by Crippen LogP contribution is -2.64. The average molecular weight is 1930 g/mol. The summed E-state index contributed by atoms with van der Waals surface area (Å²) in [5.41, 5.74) is 0. The van der Waals surface area contributed by atoms with Crippen molar-refractivity contribution in [3.63, 3.8) is 0 Å². The van der Waals surface area contributed by atoms with Gasteiger partial charge in [-0.3, -0.25) is 52.2 Å². The summed E-state index contributed by atoms with van der Waals surface area (Å²) < 4.78 is 55.3. The van der Waals surface area contributed by atoms with E-state index in [1.807, 2.05) is 13.8 Å². The van der Waals surface area contributed by atoms with Crippen molar-refractivity contribution in [2.24, 2.45) is 5.92 Å². The van der Waals surface area contributed by atoms with E-state index in [-0.39, 0.29) is 74.5 Å². The molecule has 133 heavy (non-hydrogen) atoms. The quantitative estimate of drug-likeness (QED) is 0.0219.